The third-order valence-electron chi connectivity index (χ3n) is 1.23. The summed E-state index contributed by atoms with van der Waals surface area (Å²) in [6.07, 6.45) is 1.91. The van der Waals surface area contributed by atoms with Crippen molar-refractivity contribution in [3.63, 3.8) is 0 Å². The van der Waals surface area contributed by atoms with E-state index >= 15 is 0 Å². The molecule has 0 spiro atoms. The summed E-state index contributed by atoms with van der Waals surface area (Å²) in [5, 5.41) is 8.16. The summed E-state index contributed by atoms with van der Waals surface area (Å²) in [7, 11) is 0. The van der Waals surface area contributed by atoms with Crippen LogP contribution in [0.15, 0.2) is 0 Å². The molecule has 0 radical (unpaired) electrons. The minimum absolute atomic E-state index is 0.104. The minimum Gasteiger partial charge on any atom is -0.353 e. The zero-order chi connectivity index (χ0) is 8.53. The largest absolute Gasteiger partial charge is 0.353 e. The Morgan fingerprint density at radius 1 is 1.45 bits per heavy atom. The Bertz CT molecular complexity index is 120. The van der Waals surface area contributed by atoms with Gasteiger partial charge < -0.3 is 9.47 Å². The first kappa shape index (κ1) is 10.4. The fourth-order valence-corrected chi connectivity index (χ4v) is 0.596. The Balaban J connectivity index is 3.10. The molecule has 64 valence electrons. The van der Waals surface area contributed by atoms with Crippen LogP contribution in [0.5, 0.6) is 0 Å². The molecule has 0 rings (SSSR count). The molecule has 0 aromatic rings. The minimum atomic E-state index is -0.249. The second-order valence-corrected chi connectivity index (χ2v) is 2.26. The SMILES string of the molecule is CCCCOC(C)OCC#N. The van der Waals surface area contributed by atoms with Crippen molar-refractivity contribution in [2.45, 2.75) is 33.0 Å². The van der Waals surface area contributed by atoms with Gasteiger partial charge in [-0.2, -0.15) is 5.26 Å². The second kappa shape index (κ2) is 7.52. The standard InChI is InChI=1S/C8H15NO2/c1-3-4-6-10-8(2)11-7-5-9/h8H,3-4,6-7H2,1-2H3. The predicted molar refractivity (Wildman–Crippen MR) is 41.9 cm³/mol. The highest BCUT2D eigenvalue weighted by atomic mass is 16.7. The van der Waals surface area contributed by atoms with Crippen molar-refractivity contribution in [3.8, 4) is 6.07 Å². The Labute approximate surface area is 67.9 Å². The fraction of sp³-hybridized carbons (Fsp3) is 0.875. The topological polar surface area (TPSA) is 42.2 Å². The maximum Gasteiger partial charge on any atom is 0.156 e. The quantitative estimate of drug-likeness (QED) is 0.435. The Kier molecular flexibility index (Phi) is 7.11. The molecule has 0 amide bonds. The van der Waals surface area contributed by atoms with Gasteiger partial charge in [-0.25, -0.2) is 0 Å². The van der Waals surface area contributed by atoms with E-state index in [-0.39, 0.29) is 12.9 Å². The van der Waals surface area contributed by atoms with Crippen molar-refractivity contribution in [2.75, 3.05) is 13.2 Å². The smallest absolute Gasteiger partial charge is 0.156 e. The first-order valence-corrected chi connectivity index (χ1v) is 3.91. The highest BCUT2D eigenvalue weighted by Crippen LogP contribution is 1.95. The zero-order valence-electron chi connectivity index (χ0n) is 7.17. The van der Waals surface area contributed by atoms with Gasteiger partial charge in [-0.3, -0.25) is 0 Å². The molecule has 0 aromatic carbocycles. The molecule has 0 aliphatic carbocycles. The Hall–Kier alpha value is -0.590. The molecule has 3 heteroatoms. The van der Waals surface area contributed by atoms with Gasteiger partial charge in [-0.1, -0.05) is 13.3 Å². The van der Waals surface area contributed by atoms with Gasteiger partial charge in [0.15, 0.2) is 6.29 Å². The lowest BCUT2D eigenvalue weighted by molar-refractivity contribution is -0.121. The number of hydrogen-bond acceptors (Lipinski definition) is 3. The summed E-state index contributed by atoms with van der Waals surface area (Å²) in [6.45, 7) is 4.72. The van der Waals surface area contributed by atoms with E-state index in [1.165, 1.54) is 0 Å². The number of ether oxygens (including phenoxy) is 2. The average Bonchev–Trinajstić information content (AvgIpc) is 2.01. The number of hydrogen-bond donors (Lipinski definition) is 0. The first-order valence-electron chi connectivity index (χ1n) is 3.91. The molecule has 0 bridgehead atoms. The van der Waals surface area contributed by atoms with Crippen LogP contribution in [0.25, 0.3) is 0 Å². The number of unbranched alkanes of at least 4 members (excludes halogenated alkanes) is 1. The molecular weight excluding hydrogens is 142 g/mol. The van der Waals surface area contributed by atoms with Crippen LogP contribution in [-0.2, 0) is 9.47 Å². The zero-order valence-corrected chi connectivity index (χ0v) is 7.17. The highest BCUT2D eigenvalue weighted by Gasteiger charge is 1.99. The summed E-state index contributed by atoms with van der Waals surface area (Å²) in [4.78, 5) is 0. The lowest BCUT2D eigenvalue weighted by atomic mass is 10.4. The van der Waals surface area contributed by atoms with Crippen LogP contribution in [0.3, 0.4) is 0 Å². The molecule has 1 unspecified atom stereocenters. The van der Waals surface area contributed by atoms with Gasteiger partial charge in [0.25, 0.3) is 0 Å². The van der Waals surface area contributed by atoms with Gasteiger partial charge in [0.2, 0.25) is 0 Å². The van der Waals surface area contributed by atoms with Crippen molar-refractivity contribution >= 4 is 0 Å². The normalized spacial score (nSPS) is 12.5. The molecule has 0 heterocycles. The van der Waals surface area contributed by atoms with Gasteiger partial charge in [0, 0.05) is 6.61 Å². The van der Waals surface area contributed by atoms with Crippen LogP contribution in [0.2, 0.25) is 0 Å². The van der Waals surface area contributed by atoms with E-state index in [1.807, 2.05) is 6.07 Å². The van der Waals surface area contributed by atoms with E-state index in [4.69, 9.17) is 14.7 Å². The summed E-state index contributed by atoms with van der Waals surface area (Å²) < 4.78 is 10.2. The van der Waals surface area contributed by atoms with Gasteiger partial charge >= 0.3 is 0 Å². The monoisotopic (exact) mass is 157 g/mol. The van der Waals surface area contributed by atoms with Crippen LogP contribution < -0.4 is 0 Å². The maximum atomic E-state index is 8.16. The molecule has 0 aromatic heterocycles. The van der Waals surface area contributed by atoms with Gasteiger partial charge in [-0.15, -0.1) is 0 Å². The molecule has 0 fully saturated rings. The average molecular weight is 157 g/mol. The highest BCUT2D eigenvalue weighted by molar-refractivity contribution is 4.66. The van der Waals surface area contributed by atoms with Crippen LogP contribution in [0.1, 0.15) is 26.7 Å². The molecule has 0 saturated carbocycles. The summed E-state index contributed by atoms with van der Waals surface area (Å²) >= 11 is 0. The Morgan fingerprint density at radius 2 is 2.18 bits per heavy atom. The van der Waals surface area contributed by atoms with Gasteiger partial charge in [-0.05, 0) is 13.3 Å². The van der Waals surface area contributed by atoms with Crippen LogP contribution >= 0.6 is 0 Å². The number of nitrogens with zero attached hydrogens (tertiary/aromatic N) is 1. The third-order valence-corrected chi connectivity index (χ3v) is 1.23. The predicted octanol–water partition coefficient (Wildman–Crippen LogP) is 1.69. The van der Waals surface area contributed by atoms with Crippen LogP contribution in [-0.4, -0.2) is 19.5 Å². The van der Waals surface area contributed by atoms with Crippen molar-refractivity contribution in [1.82, 2.24) is 0 Å². The Morgan fingerprint density at radius 3 is 2.73 bits per heavy atom. The molecule has 0 aliphatic rings. The van der Waals surface area contributed by atoms with E-state index < -0.39 is 0 Å². The third kappa shape index (κ3) is 7.31. The first-order chi connectivity index (χ1) is 5.31. The molecule has 3 nitrogen and oxygen atoms in total. The molecule has 0 N–H and O–H groups in total. The van der Waals surface area contributed by atoms with Crippen molar-refractivity contribution in [1.29, 1.82) is 5.26 Å². The van der Waals surface area contributed by atoms with Crippen molar-refractivity contribution in [3.05, 3.63) is 0 Å². The van der Waals surface area contributed by atoms with Crippen molar-refractivity contribution < 1.29 is 9.47 Å². The van der Waals surface area contributed by atoms with E-state index in [2.05, 4.69) is 6.92 Å². The van der Waals surface area contributed by atoms with E-state index in [9.17, 15) is 0 Å². The molecule has 0 saturated heterocycles. The summed E-state index contributed by atoms with van der Waals surface area (Å²) in [6, 6.07) is 1.89. The van der Waals surface area contributed by atoms with E-state index in [0.717, 1.165) is 12.8 Å². The van der Waals surface area contributed by atoms with Crippen LogP contribution in [0, 0.1) is 11.3 Å². The lowest BCUT2D eigenvalue weighted by Crippen LogP contribution is -2.13. The van der Waals surface area contributed by atoms with Crippen LogP contribution in [0.4, 0.5) is 0 Å². The molecule has 1 atom stereocenters. The number of rotatable bonds is 6. The molecule has 0 aliphatic heterocycles. The molecule has 11 heavy (non-hydrogen) atoms. The van der Waals surface area contributed by atoms with E-state index in [0.29, 0.717) is 6.61 Å². The fourth-order valence-electron chi connectivity index (χ4n) is 0.596. The number of nitriles is 1. The van der Waals surface area contributed by atoms with Crippen molar-refractivity contribution in [2.24, 2.45) is 0 Å². The summed E-state index contributed by atoms with van der Waals surface area (Å²) in [5.74, 6) is 0. The second-order valence-electron chi connectivity index (χ2n) is 2.26. The van der Waals surface area contributed by atoms with Gasteiger partial charge in [0.1, 0.15) is 6.61 Å². The van der Waals surface area contributed by atoms with Gasteiger partial charge in [0.05, 0.1) is 6.07 Å². The van der Waals surface area contributed by atoms with E-state index in [1.54, 1.807) is 6.92 Å². The summed E-state index contributed by atoms with van der Waals surface area (Å²) in [5.41, 5.74) is 0. The maximum absolute atomic E-state index is 8.16. The lowest BCUT2D eigenvalue weighted by Gasteiger charge is -2.10. The molecular formula is C8H15NO2.